The fourth-order valence-corrected chi connectivity index (χ4v) is 2.80. The number of rotatable bonds is 5. The van der Waals surface area contributed by atoms with Crippen LogP contribution in [0.3, 0.4) is 0 Å². The van der Waals surface area contributed by atoms with Crippen molar-refractivity contribution in [3.05, 3.63) is 40.3 Å². The fourth-order valence-electron chi connectivity index (χ4n) is 2.80. The van der Waals surface area contributed by atoms with E-state index >= 15 is 0 Å². The minimum atomic E-state index is -0.00684. The van der Waals surface area contributed by atoms with Crippen LogP contribution in [0, 0.1) is 6.92 Å². The molecule has 5 heteroatoms. The van der Waals surface area contributed by atoms with Crippen LogP contribution in [0.25, 0.3) is 11.0 Å². The summed E-state index contributed by atoms with van der Waals surface area (Å²) < 4.78 is 7.38. The minimum absolute atomic E-state index is 0.00684. The molecule has 1 aromatic heterocycles. The Kier molecular flexibility index (Phi) is 4.31. The molecule has 2 heterocycles. The number of aromatic nitrogens is 2. The van der Waals surface area contributed by atoms with E-state index in [1.165, 1.54) is 0 Å². The van der Waals surface area contributed by atoms with Crippen LogP contribution in [0.4, 0.5) is 0 Å². The van der Waals surface area contributed by atoms with Crippen molar-refractivity contribution in [2.45, 2.75) is 32.4 Å². The van der Waals surface area contributed by atoms with Crippen molar-refractivity contribution < 1.29 is 4.74 Å². The lowest BCUT2D eigenvalue weighted by Gasteiger charge is -2.13. The molecule has 1 fully saturated rings. The van der Waals surface area contributed by atoms with Crippen molar-refractivity contribution in [2.24, 2.45) is 0 Å². The summed E-state index contributed by atoms with van der Waals surface area (Å²) in [6.45, 7) is 4.91. The van der Waals surface area contributed by atoms with Gasteiger partial charge in [0.2, 0.25) is 0 Å². The number of hydrogen-bond donors (Lipinski definition) is 1. The van der Waals surface area contributed by atoms with Gasteiger partial charge in [-0.2, -0.15) is 0 Å². The van der Waals surface area contributed by atoms with Crippen molar-refractivity contribution in [1.29, 1.82) is 0 Å². The zero-order valence-electron chi connectivity index (χ0n) is 12.3. The van der Waals surface area contributed by atoms with Gasteiger partial charge < -0.3 is 14.6 Å². The third kappa shape index (κ3) is 3.14. The highest BCUT2D eigenvalue weighted by Crippen LogP contribution is 2.11. The van der Waals surface area contributed by atoms with Crippen LogP contribution >= 0.6 is 0 Å². The maximum Gasteiger partial charge on any atom is 0.272 e. The monoisotopic (exact) mass is 287 g/mol. The lowest BCUT2D eigenvalue weighted by Crippen LogP contribution is -2.32. The largest absolute Gasteiger partial charge is 0.377 e. The van der Waals surface area contributed by atoms with E-state index in [4.69, 9.17) is 4.74 Å². The van der Waals surface area contributed by atoms with E-state index in [1.54, 1.807) is 11.5 Å². The standard InChI is InChI=1S/C16H21N3O2/c1-12-16(20)19(15-7-3-2-6-14(15)18-12)9-8-17-11-13-5-4-10-21-13/h2-3,6-7,13,17H,4-5,8-11H2,1H3. The molecule has 112 valence electrons. The van der Waals surface area contributed by atoms with Crippen molar-refractivity contribution in [3.63, 3.8) is 0 Å². The lowest BCUT2D eigenvalue weighted by molar-refractivity contribution is 0.110. The Hall–Kier alpha value is -1.72. The summed E-state index contributed by atoms with van der Waals surface area (Å²) in [7, 11) is 0. The number of ether oxygens (including phenoxy) is 1. The maximum absolute atomic E-state index is 12.3. The number of aryl methyl sites for hydroxylation is 1. The third-order valence-electron chi connectivity index (χ3n) is 3.92. The molecule has 1 aliphatic heterocycles. The summed E-state index contributed by atoms with van der Waals surface area (Å²) in [5.41, 5.74) is 2.31. The molecule has 3 rings (SSSR count). The van der Waals surface area contributed by atoms with Gasteiger partial charge in [0.25, 0.3) is 5.56 Å². The van der Waals surface area contributed by atoms with Crippen LogP contribution in [0.5, 0.6) is 0 Å². The summed E-state index contributed by atoms with van der Waals surface area (Å²) in [5, 5.41) is 3.38. The van der Waals surface area contributed by atoms with E-state index in [9.17, 15) is 4.79 Å². The fraction of sp³-hybridized carbons (Fsp3) is 0.500. The number of hydrogen-bond acceptors (Lipinski definition) is 4. The molecule has 0 spiro atoms. The highest BCUT2D eigenvalue weighted by atomic mass is 16.5. The molecule has 0 amide bonds. The van der Waals surface area contributed by atoms with Crippen molar-refractivity contribution in [2.75, 3.05) is 19.7 Å². The molecule has 1 N–H and O–H groups in total. The highest BCUT2D eigenvalue weighted by molar-refractivity contribution is 5.74. The first-order valence-corrected chi connectivity index (χ1v) is 7.54. The number of fused-ring (bicyclic) bond motifs is 1. The van der Waals surface area contributed by atoms with E-state index in [0.29, 0.717) is 18.3 Å². The van der Waals surface area contributed by atoms with Gasteiger partial charge in [0.15, 0.2) is 0 Å². The predicted molar refractivity (Wildman–Crippen MR) is 82.6 cm³/mol. The minimum Gasteiger partial charge on any atom is -0.377 e. The van der Waals surface area contributed by atoms with Crippen LogP contribution in [-0.2, 0) is 11.3 Å². The lowest BCUT2D eigenvalue weighted by atomic mass is 10.2. The van der Waals surface area contributed by atoms with Gasteiger partial charge in [-0.25, -0.2) is 4.98 Å². The molecule has 1 aromatic carbocycles. The number of benzene rings is 1. The van der Waals surface area contributed by atoms with Gasteiger partial charge in [-0.3, -0.25) is 4.79 Å². The van der Waals surface area contributed by atoms with Gasteiger partial charge in [0, 0.05) is 26.2 Å². The van der Waals surface area contributed by atoms with Crippen LogP contribution in [0.1, 0.15) is 18.5 Å². The molecule has 1 unspecified atom stereocenters. The molecule has 0 aliphatic carbocycles. The number of nitrogens with one attached hydrogen (secondary N) is 1. The molecule has 2 aromatic rings. The van der Waals surface area contributed by atoms with Gasteiger partial charge in [-0.15, -0.1) is 0 Å². The molecule has 0 saturated carbocycles. The second-order valence-electron chi connectivity index (χ2n) is 5.48. The quantitative estimate of drug-likeness (QED) is 0.846. The number of para-hydroxylation sites is 2. The molecule has 0 bridgehead atoms. The SMILES string of the molecule is Cc1nc2ccccc2n(CCNCC2CCCO2)c1=O. The van der Waals surface area contributed by atoms with E-state index in [0.717, 1.165) is 43.6 Å². The van der Waals surface area contributed by atoms with Gasteiger partial charge in [0.05, 0.1) is 17.1 Å². The van der Waals surface area contributed by atoms with E-state index < -0.39 is 0 Å². The average molecular weight is 287 g/mol. The second-order valence-corrected chi connectivity index (χ2v) is 5.48. The molecule has 0 radical (unpaired) electrons. The molecular formula is C16H21N3O2. The van der Waals surface area contributed by atoms with E-state index in [-0.39, 0.29) is 5.56 Å². The zero-order chi connectivity index (χ0) is 14.7. The Labute approximate surface area is 124 Å². The maximum atomic E-state index is 12.3. The first kappa shape index (κ1) is 14.2. The zero-order valence-corrected chi connectivity index (χ0v) is 12.3. The summed E-state index contributed by atoms with van der Waals surface area (Å²) in [6, 6.07) is 7.77. The molecule has 5 nitrogen and oxygen atoms in total. The Bertz CT molecular complexity index is 675. The Morgan fingerprint density at radius 1 is 1.43 bits per heavy atom. The normalized spacial score (nSPS) is 18.4. The van der Waals surface area contributed by atoms with Gasteiger partial charge in [-0.1, -0.05) is 12.1 Å². The van der Waals surface area contributed by atoms with Crippen molar-refractivity contribution in [3.8, 4) is 0 Å². The van der Waals surface area contributed by atoms with Crippen LogP contribution in [0.15, 0.2) is 29.1 Å². The van der Waals surface area contributed by atoms with E-state index in [1.807, 2.05) is 24.3 Å². The molecule has 1 saturated heterocycles. The first-order valence-electron chi connectivity index (χ1n) is 7.54. The number of nitrogens with zero attached hydrogens (tertiary/aromatic N) is 2. The van der Waals surface area contributed by atoms with E-state index in [2.05, 4.69) is 10.3 Å². The van der Waals surface area contributed by atoms with Crippen molar-refractivity contribution in [1.82, 2.24) is 14.9 Å². The van der Waals surface area contributed by atoms with Crippen LogP contribution < -0.4 is 10.9 Å². The van der Waals surface area contributed by atoms with Crippen LogP contribution in [0.2, 0.25) is 0 Å². The second kappa shape index (κ2) is 6.37. The van der Waals surface area contributed by atoms with Crippen molar-refractivity contribution >= 4 is 11.0 Å². The average Bonchev–Trinajstić information content (AvgIpc) is 3.00. The third-order valence-corrected chi connectivity index (χ3v) is 3.92. The smallest absolute Gasteiger partial charge is 0.272 e. The summed E-state index contributed by atoms with van der Waals surface area (Å²) in [4.78, 5) is 16.6. The van der Waals surface area contributed by atoms with Gasteiger partial charge >= 0.3 is 0 Å². The Morgan fingerprint density at radius 2 is 2.29 bits per heavy atom. The molecule has 1 atom stereocenters. The Morgan fingerprint density at radius 3 is 3.10 bits per heavy atom. The van der Waals surface area contributed by atoms with Gasteiger partial charge in [0.1, 0.15) is 5.69 Å². The van der Waals surface area contributed by atoms with Gasteiger partial charge in [-0.05, 0) is 31.9 Å². The molecule has 21 heavy (non-hydrogen) atoms. The molecular weight excluding hydrogens is 266 g/mol. The summed E-state index contributed by atoms with van der Waals surface area (Å²) in [6.07, 6.45) is 2.61. The predicted octanol–water partition coefficient (Wildman–Crippen LogP) is 1.47. The summed E-state index contributed by atoms with van der Waals surface area (Å²) >= 11 is 0. The Balaban J connectivity index is 1.70. The molecule has 1 aliphatic rings. The topological polar surface area (TPSA) is 56.1 Å². The highest BCUT2D eigenvalue weighted by Gasteiger charge is 2.14. The van der Waals surface area contributed by atoms with Crippen LogP contribution in [-0.4, -0.2) is 35.4 Å². The summed E-state index contributed by atoms with van der Waals surface area (Å²) in [5.74, 6) is 0. The first-order chi connectivity index (χ1) is 10.3.